The van der Waals surface area contributed by atoms with Crippen molar-refractivity contribution in [2.24, 2.45) is 11.1 Å². The molecule has 1 aliphatic heterocycles. The normalized spacial score (nSPS) is 18.1. The zero-order valence-electron chi connectivity index (χ0n) is 21.8. The van der Waals surface area contributed by atoms with Gasteiger partial charge in [-0.15, -0.1) is 0 Å². The van der Waals surface area contributed by atoms with E-state index in [4.69, 9.17) is 20.3 Å². The van der Waals surface area contributed by atoms with Crippen LogP contribution in [0.3, 0.4) is 0 Å². The molecule has 0 aromatic heterocycles. The molecule has 2 fully saturated rings. The third kappa shape index (κ3) is 6.85. The van der Waals surface area contributed by atoms with Crippen molar-refractivity contribution in [1.29, 1.82) is 0 Å². The molecular formula is C27H35N3O7. The fourth-order valence-corrected chi connectivity index (χ4v) is 3.70. The molecule has 1 saturated carbocycles. The minimum absolute atomic E-state index is 0.108. The van der Waals surface area contributed by atoms with Crippen LogP contribution in [-0.2, 0) is 25.7 Å². The Bertz CT molecular complexity index is 1080. The van der Waals surface area contributed by atoms with Crippen LogP contribution in [0.5, 0.6) is 11.5 Å². The topological polar surface area (TPSA) is 139 Å². The second-order valence-electron chi connectivity index (χ2n) is 8.62. The third-order valence-corrected chi connectivity index (χ3v) is 6.05. The van der Waals surface area contributed by atoms with Gasteiger partial charge in [0.05, 0.1) is 13.7 Å². The first kappa shape index (κ1) is 29.3. The molecule has 0 spiro atoms. The summed E-state index contributed by atoms with van der Waals surface area (Å²) in [6.45, 7) is 5.81. The number of ketones is 1. The van der Waals surface area contributed by atoms with Gasteiger partial charge in [-0.1, -0.05) is 51.1 Å². The highest BCUT2D eigenvalue weighted by atomic mass is 16.5. The number of imide groups is 1. The van der Waals surface area contributed by atoms with Crippen molar-refractivity contribution in [2.45, 2.75) is 52.4 Å². The molecule has 10 heteroatoms. The lowest BCUT2D eigenvalue weighted by atomic mass is 9.95. The van der Waals surface area contributed by atoms with Crippen molar-refractivity contribution in [2.75, 3.05) is 14.2 Å². The number of primary amides is 1. The SMILES string of the molecule is CC.COC1C(=O)N(C(C(N)=O)C(=O)C2(C)CC2)C(=O)N1Cc1ccccc1.COc1ccc(O)cc1. The zero-order chi connectivity index (χ0) is 27.8. The van der Waals surface area contributed by atoms with E-state index in [-0.39, 0.29) is 12.3 Å². The number of nitrogens with two attached hydrogens (primary N) is 1. The van der Waals surface area contributed by atoms with Crippen LogP contribution in [0, 0.1) is 5.41 Å². The Morgan fingerprint density at radius 2 is 1.62 bits per heavy atom. The van der Waals surface area contributed by atoms with Crippen LogP contribution in [-0.4, -0.2) is 65.0 Å². The van der Waals surface area contributed by atoms with E-state index in [1.54, 1.807) is 62.6 Å². The van der Waals surface area contributed by atoms with Crippen LogP contribution in [0.25, 0.3) is 0 Å². The van der Waals surface area contributed by atoms with Gasteiger partial charge in [0.1, 0.15) is 11.5 Å². The third-order valence-electron chi connectivity index (χ3n) is 6.05. The Hall–Kier alpha value is -3.92. The molecule has 10 nitrogen and oxygen atoms in total. The highest BCUT2D eigenvalue weighted by molar-refractivity contribution is 6.16. The summed E-state index contributed by atoms with van der Waals surface area (Å²) in [6.07, 6.45) is 0.00458. The molecule has 4 amide bonds. The molecule has 2 aromatic carbocycles. The number of hydrogen-bond donors (Lipinski definition) is 2. The van der Waals surface area contributed by atoms with Crippen LogP contribution in [0.15, 0.2) is 54.6 Å². The van der Waals surface area contributed by atoms with E-state index >= 15 is 0 Å². The number of ether oxygens (including phenoxy) is 2. The largest absolute Gasteiger partial charge is 0.508 e. The number of Topliss-reactive ketones (excluding diaryl/α,β-unsaturated/α-hetero) is 1. The maximum Gasteiger partial charge on any atom is 0.330 e. The van der Waals surface area contributed by atoms with Gasteiger partial charge in [0.2, 0.25) is 12.1 Å². The van der Waals surface area contributed by atoms with Gasteiger partial charge in [-0.3, -0.25) is 19.3 Å². The van der Waals surface area contributed by atoms with Gasteiger partial charge in [0.25, 0.3) is 5.91 Å². The van der Waals surface area contributed by atoms with Crippen LogP contribution in [0.1, 0.15) is 39.2 Å². The summed E-state index contributed by atoms with van der Waals surface area (Å²) < 4.78 is 10.0. The van der Waals surface area contributed by atoms with Crippen molar-refractivity contribution in [3.63, 3.8) is 0 Å². The number of phenolic OH excluding ortho intramolecular Hbond substituents is 1. The summed E-state index contributed by atoms with van der Waals surface area (Å²) in [5, 5.41) is 8.80. The van der Waals surface area contributed by atoms with Gasteiger partial charge >= 0.3 is 6.03 Å². The molecule has 1 heterocycles. The monoisotopic (exact) mass is 513 g/mol. The average Bonchev–Trinajstić information content (AvgIpc) is 3.62. The minimum atomic E-state index is -1.61. The maximum absolute atomic E-state index is 12.9. The Balaban J connectivity index is 0.000000367. The lowest BCUT2D eigenvalue weighted by molar-refractivity contribution is -0.148. The number of phenols is 1. The molecule has 2 atom stereocenters. The number of urea groups is 1. The first-order chi connectivity index (χ1) is 17.6. The number of nitrogens with zero attached hydrogens (tertiary/aromatic N) is 2. The number of aromatic hydroxyl groups is 1. The van der Waals surface area contributed by atoms with Gasteiger partial charge in [0.15, 0.2) is 11.8 Å². The molecular weight excluding hydrogens is 478 g/mol. The Kier molecular flexibility index (Phi) is 10.2. The standard InChI is InChI=1S/C18H21N3O5.C7H8O2.C2H6/c1-18(8-9-18)13(22)12(14(19)23)21-15(24)16(26-2)20(17(21)25)10-11-6-4-3-5-7-11;1-9-7-4-2-6(8)3-5-7;1-2/h3-7,12,16H,8-10H2,1-2H3,(H2,19,23);2-5,8H,1H3;1-2H3. The molecule has 200 valence electrons. The molecule has 4 rings (SSSR count). The van der Waals surface area contributed by atoms with Gasteiger partial charge in [-0.25, -0.2) is 9.69 Å². The van der Waals surface area contributed by atoms with E-state index in [0.717, 1.165) is 11.3 Å². The molecule has 3 N–H and O–H groups in total. The smallest absolute Gasteiger partial charge is 0.330 e. The summed E-state index contributed by atoms with van der Waals surface area (Å²) >= 11 is 0. The Morgan fingerprint density at radius 1 is 1.05 bits per heavy atom. The van der Waals surface area contributed by atoms with Crippen LogP contribution in [0.4, 0.5) is 4.79 Å². The molecule has 2 unspecified atom stereocenters. The van der Waals surface area contributed by atoms with E-state index in [1.165, 1.54) is 12.0 Å². The Labute approximate surface area is 216 Å². The van der Waals surface area contributed by atoms with Gasteiger partial charge < -0.3 is 20.3 Å². The number of rotatable bonds is 8. The van der Waals surface area contributed by atoms with Crippen molar-refractivity contribution >= 4 is 23.6 Å². The lowest BCUT2D eigenvalue weighted by Crippen LogP contribution is -2.54. The summed E-state index contributed by atoms with van der Waals surface area (Å²) in [6, 6.07) is 13.3. The number of methoxy groups -OCH3 is 2. The molecule has 0 radical (unpaired) electrons. The molecule has 1 aliphatic carbocycles. The number of benzene rings is 2. The summed E-state index contributed by atoms with van der Waals surface area (Å²) in [5.74, 6) is -1.25. The highest BCUT2D eigenvalue weighted by Gasteiger charge is 2.57. The average molecular weight is 514 g/mol. The van der Waals surface area contributed by atoms with E-state index < -0.39 is 41.3 Å². The molecule has 37 heavy (non-hydrogen) atoms. The molecule has 2 aromatic rings. The summed E-state index contributed by atoms with van der Waals surface area (Å²) in [5.41, 5.74) is 5.46. The van der Waals surface area contributed by atoms with Crippen LogP contribution >= 0.6 is 0 Å². The van der Waals surface area contributed by atoms with E-state index in [1.807, 2.05) is 19.9 Å². The fraction of sp³-hybridized carbons (Fsp3) is 0.407. The second-order valence-corrected chi connectivity index (χ2v) is 8.62. The zero-order valence-corrected chi connectivity index (χ0v) is 21.8. The number of carbonyl (C=O) groups excluding carboxylic acids is 4. The summed E-state index contributed by atoms with van der Waals surface area (Å²) in [4.78, 5) is 52.1. The predicted molar refractivity (Wildman–Crippen MR) is 136 cm³/mol. The highest BCUT2D eigenvalue weighted by Crippen LogP contribution is 2.47. The molecule has 1 saturated heterocycles. The lowest BCUT2D eigenvalue weighted by Gasteiger charge is -2.24. The van der Waals surface area contributed by atoms with Crippen molar-refractivity contribution < 1.29 is 33.8 Å². The van der Waals surface area contributed by atoms with E-state index in [9.17, 15) is 19.2 Å². The van der Waals surface area contributed by atoms with Crippen molar-refractivity contribution in [3.05, 3.63) is 60.2 Å². The second kappa shape index (κ2) is 12.9. The first-order valence-corrected chi connectivity index (χ1v) is 12.0. The molecule has 0 bridgehead atoms. The number of hydrogen-bond acceptors (Lipinski definition) is 7. The van der Waals surface area contributed by atoms with Crippen molar-refractivity contribution in [1.82, 2.24) is 9.80 Å². The first-order valence-electron chi connectivity index (χ1n) is 12.0. The Morgan fingerprint density at radius 3 is 2.08 bits per heavy atom. The van der Waals surface area contributed by atoms with E-state index in [2.05, 4.69) is 0 Å². The van der Waals surface area contributed by atoms with Crippen LogP contribution in [0.2, 0.25) is 0 Å². The predicted octanol–water partition coefficient (Wildman–Crippen LogP) is 3.07. The van der Waals surface area contributed by atoms with Gasteiger partial charge in [-0.2, -0.15) is 0 Å². The van der Waals surface area contributed by atoms with Gasteiger partial charge in [-0.05, 0) is 42.7 Å². The minimum Gasteiger partial charge on any atom is -0.508 e. The quantitative estimate of drug-likeness (QED) is 0.408. The van der Waals surface area contributed by atoms with Crippen molar-refractivity contribution in [3.8, 4) is 11.5 Å². The maximum atomic E-state index is 12.9. The number of amides is 4. The number of carbonyl (C=O) groups is 4. The summed E-state index contributed by atoms with van der Waals surface area (Å²) in [7, 11) is 2.88. The van der Waals surface area contributed by atoms with E-state index in [0.29, 0.717) is 17.7 Å². The molecule has 2 aliphatic rings. The fourth-order valence-electron chi connectivity index (χ4n) is 3.70. The van der Waals surface area contributed by atoms with Gasteiger partial charge in [0, 0.05) is 12.5 Å². The van der Waals surface area contributed by atoms with Crippen LogP contribution < -0.4 is 10.5 Å².